The highest BCUT2D eigenvalue weighted by Gasteiger charge is 2.14. The quantitative estimate of drug-likeness (QED) is 0.751. The first-order valence-electron chi connectivity index (χ1n) is 6.22. The third-order valence-electron chi connectivity index (χ3n) is 3.24. The summed E-state index contributed by atoms with van der Waals surface area (Å²) >= 11 is 0. The van der Waals surface area contributed by atoms with Gasteiger partial charge in [-0.2, -0.15) is 0 Å². The summed E-state index contributed by atoms with van der Waals surface area (Å²) in [6.45, 7) is 4.89. The first kappa shape index (κ1) is 11.3. The molecule has 1 aliphatic rings. The second-order valence-corrected chi connectivity index (χ2v) is 4.45. The topological polar surface area (TPSA) is 18.5 Å². The molecule has 0 bridgehead atoms. The lowest BCUT2D eigenvalue weighted by atomic mass is 9.93. The first-order chi connectivity index (χ1) is 7.83. The van der Waals surface area contributed by atoms with Gasteiger partial charge in [0, 0.05) is 0 Å². The lowest BCUT2D eigenvalue weighted by molar-refractivity contribution is 0.174. The fraction of sp³-hybridized carbons (Fsp3) is 0.571. The molecule has 2 heteroatoms. The molecule has 2 nitrogen and oxygen atoms in total. The monoisotopic (exact) mass is 220 g/mol. The van der Waals surface area contributed by atoms with E-state index >= 15 is 0 Å². The number of benzene rings is 1. The molecule has 1 aliphatic heterocycles. The van der Waals surface area contributed by atoms with E-state index in [2.05, 4.69) is 26.0 Å². The third-order valence-corrected chi connectivity index (χ3v) is 3.24. The lowest BCUT2D eigenvalue weighted by Crippen LogP contribution is -2.02. The van der Waals surface area contributed by atoms with Gasteiger partial charge in [0.25, 0.3) is 0 Å². The van der Waals surface area contributed by atoms with Crippen LogP contribution in [0.1, 0.15) is 38.7 Å². The van der Waals surface area contributed by atoms with Crippen LogP contribution in [0.3, 0.4) is 0 Å². The molecule has 0 aliphatic carbocycles. The average molecular weight is 220 g/mol. The Balaban J connectivity index is 2.04. The standard InChI is InChI=1S/C14H20O2/c1-3-5-11(4-2)8-12-6-7-13-14(9-12)16-10-15-13/h6-7,9,11H,3-5,8,10H2,1-2H3. The molecule has 0 fully saturated rings. The first-order valence-corrected chi connectivity index (χ1v) is 6.22. The van der Waals surface area contributed by atoms with Crippen LogP contribution in [0.15, 0.2) is 18.2 Å². The summed E-state index contributed by atoms with van der Waals surface area (Å²) in [4.78, 5) is 0. The maximum Gasteiger partial charge on any atom is 0.231 e. The molecule has 1 aromatic rings. The predicted octanol–water partition coefficient (Wildman–Crippen LogP) is 3.78. The number of rotatable bonds is 5. The van der Waals surface area contributed by atoms with E-state index < -0.39 is 0 Å². The van der Waals surface area contributed by atoms with Crippen molar-refractivity contribution < 1.29 is 9.47 Å². The van der Waals surface area contributed by atoms with Gasteiger partial charge in [-0.25, -0.2) is 0 Å². The third kappa shape index (κ3) is 2.49. The van der Waals surface area contributed by atoms with E-state index in [-0.39, 0.29) is 0 Å². The molecule has 16 heavy (non-hydrogen) atoms. The number of fused-ring (bicyclic) bond motifs is 1. The summed E-state index contributed by atoms with van der Waals surface area (Å²) in [6, 6.07) is 6.31. The van der Waals surface area contributed by atoms with E-state index in [0.29, 0.717) is 6.79 Å². The summed E-state index contributed by atoms with van der Waals surface area (Å²) in [6.07, 6.45) is 4.98. The predicted molar refractivity (Wildman–Crippen MR) is 65.0 cm³/mol. The average Bonchev–Trinajstić information content (AvgIpc) is 2.75. The van der Waals surface area contributed by atoms with Gasteiger partial charge in [0.2, 0.25) is 6.79 Å². The Bertz CT molecular complexity index is 347. The highest BCUT2D eigenvalue weighted by molar-refractivity contribution is 5.44. The van der Waals surface area contributed by atoms with E-state index in [0.717, 1.165) is 23.8 Å². The minimum Gasteiger partial charge on any atom is -0.454 e. The summed E-state index contributed by atoms with van der Waals surface area (Å²) < 4.78 is 10.7. The van der Waals surface area contributed by atoms with E-state index in [1.165, 1.54) is 24.8 Å². The van der Waals surface area contributed by atoms with E-state index in [1.54, 1.807) is 0 Å². The second-order valence-electron chi connectivity index (χ2n) is 4.45. The Labute approximate surface area is 97.6 Å². The van der Waals surface area contributed by atoms with Gasteiger partial charge in [0.15, 0.2) is 11.5 Å². The van der Waals surface area contributed by atoms with E-state index in [4.69, 9.17) is 9.47 Å². The molecule has 0 saturated carbocycles. The zero-order chi connectivity index (χ0) is 11.4. The molecule has 1 unspecified atom stereocenters. The number of hydrogen-bond donors (Lipinski definition) is 0. The van der Waals surface area contributed by atoms with Crippen molar-refractivity contribution in [3.63, 3.8) is 0 Å². The van der Waals surface area contributed by atoms with Crippen molar-refractivity contribution in [2.45, 2.75) is 39.5 Å². The van der Waals surface area contributed by atoms with Gasteiger partial charge in [-0.1, -0.05) is 39.2 Å². The van der Waals surface area contributed by atoms with Gasteiger partial charge in [0.1, 0.15) is 0 Å². The molecule has 2 rings (SSSR count). The van der Waals surface area contributed by atoms with Crippen molar-refractivity contribution >= 4 is 0 Å². The van der Waals surface area contributed by atoms with Crippen molar-refractivity contribution in [2.75, 3.05) is 6.79 Å². The fourth-order valence-electron chi connectivity index (χ4n) is 2.26. The van der Waals surface area contributed by atoms with Crippen LogP contribution in [0.4, 0.5) is 0 Å². The largest absolute Gasteiger partial charge is 0.454 e. The zero-order valence-corrected chi connectivity index (χ0v) is 10.2. The normalized spacial score (nSPS) is 15.1. The summed E-state index contributed by atoms with van der Waals surface area (Å²) in [5, 5.41) is 0. The van der Waals surface area contributed by atoms with Crippen molar-refractivity contribution in [3.05, 3.63) is 23.8 Å². The molecule has 88 valence electrons. The number of ether oxygens (including phenoxy) is 2. The van der Waals surface area contributed by atoms with Crippen LogP contribution in [0.2, 0.25) is 0 Å². The van der Waals surface area contributed by atoms with Gasteiger partial charge in [-0.3, -0.25) is 0 Å². The highest BCUT2D eigenvalue weighted by atomic mass is 16.7. The minimum absolute atomic E-state index is 0.366. The Morgan fingerprint density at radius 1 is 1.19 bits per heavy atom. The molecular formula is C14H20O2. The van der Waals surface area contributed by atoms with Crippen LogP contribution < -0.4 is 9.47 Å². The van der Waals surface area contributed by atoms with Crippen molar-refractivity contribution in [3.8, 4) is 11.5 Å². The summed E-state index contributed by atoms with van der Waals surface area (Å²) in [5.41, 5.74) is 1.37. The maximum absolute atomic E-state index is 5.39. The van der Waals surface area contributed by atoms with Crippen LogP contribution in [0, 0.1) is 5.92 Å². The highest BCUT2D eigenvalue weighted by Crippen LogP contribution is 2.33. The SMILES string of the molecule is CCCC(CC)Cc1ccc2c(c1)OCO2. The molecule has 0 radical (unpaired) electrons. The fourth-order valence-corrected chi connectivity index (χ4v) is 2.26. The van der Waals surface area contributed by atoms with Crippen molar-refractivity contribution in [2.24, 2.45) is 5.92 Å². The van der Waals surface area contributed by atoms with Crippen LogP contribution in [-0.2, 0) is 6.42 Å². The Morgan fingerprint density at radius 3 is 2.75 bits per heavy atom. The lowest BCUT2D eigenvalue weighted by Gasteiger charge is -2.13. The minimum atomic E-state index is 0.366. The van der Waals surface area contributed by atoms with Crippen LogP contribution in [0.5, 0.6) is 11.5 Å². The maximum atomic E-state index is 5.39. The molecule has 1 atom stereocenters. The van der Waals surface area contributed by atoms with E-state index in [9.17, 15) is 0 Å². The van der Waals surface area contributed by atoms with Crippen molar-refractivity contribution in [1.29, 1.82) is 0 Å². The van der Waals surface area contributed by atoms with Gasteiger partial charge in [0.05, 0.1) is 0 Å². The van der Waals surface area contributed by atoms with Crippen LogP contribution in [-0.4, -0.2) is 6.79 Å². The second kappa shape index (κ2) is 5.24. The molecule has 0 spiro atoms. The van der Waals surface area contributed by atoms with Gasteiger partial charge in [-0.15, -0.1) is 0 Å². The molecule has 1 aromatic carbocycles. The molecule has 0 saturated heterocycles. The van der Waals surface area contributed by atoms with Gasteiger partial charge in [-0.05, 0) is 30.0 Å². The summed E-state index contributed by atoms with van der Waals surface area (Å²) in [7, 11) is 0. The van der Waals surface area contributed by atoms with E-state index in [1.807, 2.05) is 6.07 Å². The molecule has 0 aromatic heterocycles. The Hall–Kier alpha value is -1.18. The van der Waals surface area contributed by atoms with Crippen LogP contribution in [0.25, 0.3) is 0 Å². The zero-order valence-electron chi connectivity index (χ0n) is 10.2. The molecule has 0 N–H and O–H groups in total. The Morgan fingerprint density at radius 2 is 2.00 bits per heavy atom. The van der Waals surface area contributed by atoms with Crippen molar-refractivity contribution in [1.82, 2.24) is 0 Å². The molecule has 0 amide bonds. The molecule has 1 heterocycles. The number of hydrogen-bond acceptors (Lipinski definition) is 2. The molecular weight excluding hydrogens is 200 g/mol. The van der Waals surface area contributed by atoms with Gasteiger partial charge < -0.3 is 9.47 Å². The van der Waals surface area contributed by atoms with Gasteiger partial charge >= 0.3 is 0 Å². The Kier molecular flexibility index (Phi) is 3.70. The smallest absolute Gasteiger partial charge is 0.231 e. The van der Waals surface area contributed by atoms with Crippen LogP contribution >= 0.6 is 0 Å². The summed E-state index contributed by atoms with van der Waals surface area (Å²) in [5.74, 6) is 2.58.